The molecule has 6 nitrogen and oxygen atoms in total. The molecule has 4 rings (SSSR count). The van der Waals surface area contributed by atoms with Crippen molar-refractivity contribution in [3.63, 3.8) is 0 Å². The summed E-state index contributed by atoms with van der Waals surface area (Å²) in [6.07, 6.45) is 4.91. The molecule has 3 heterocycles. The third-order valence-electron chi connectivity index (χ3n) is 5.23. The van der Waals surface area contributed by atoms with Crippen LogP contribution in [0.3, 0.4) is 0 Å². The van der Waals surface area contributed by atoms with Crippen LogP contribution in [0.25, 0.3) is 17.0 Å². The van der Waals surface area contributed by atoms with Crippen molar-refractivity contribution in [3.8, 4) is 0 Å². The Kier molecular flexibility index (Phi) is 5.74. The van der Waals surface area contributed by atoms with Gasteiger partial charge < -0.3 is 15.5 Å². The summed E-state index contributed by atoms with van der Waals surface area (Å²) in [6.45, 7) is 3.21. The summed E-state index contributed by atoms with van der Waals surface area (Å²) in [5, 5.41) is 0.898. The van der Waals surface area contributed by atoms with Crippen molar-refractivity contribution in [2.24, 2.45) is 0 Å². The highest BCUT2D eigenvalue weighted by Gasteiger charge is 2.33. The molecule has 0 saturated carbocycles. The van der Waals surface area contributed by atoms with Gasteiger partial charge in [0.2, 0.25) is 11.8 Å². The first kappa shape index (κ1) is 20.4. The lowest BCUT2D eigenvalue weighted by Crippen LogP contribution is -2.56. The maximum absolute atomic E-state index is 12.9. The molecule has 1 aromatic carbocycles. The topological polar surface area (TPSA) is 79.5 Å². The summed E-state index contributed by atoms with van der Waals surface area (Å²) < 4.78 is 0.672. The Morgan fingerprint density at radius 1 is 1.30 bits per heavy atom. The van der Waals surface area contributed by atoms with Crippen molar-refractivity contribution in [2.75, 3.05) is 18.8 Å². The molecule has 1 atom stereocenters. The van der Waals surface area contributed by atoms with Crippen molar-refractivity contribution in [1.82, 2.24) is 14.8 Å². The molecule has 1 aliphatic heterocycles. The lowest BCUT2D eigenvalue weighted by molar-refractivity contribution is -0.148. The zero-order chi connectivity index (χ0) is 21.3. The third-order valence-corrected chi connectivity index (χ3v) is 6.43. The fourth-order valence-corrected chi connectivity index (χ4v) is 4.55. The normalized spacial score (nSPS) is 17.3. The molecule has 1 aliphatic rings. The largest absolute Gasteiger partial charge is 0.398 e. The molecular weight excluding hydrogens is 420 g/mol. The predicted molar refractivity (Wildman–Crippen MR) is 121 cm³/mol. The number of nitrogen functional groups attached to an aromatic ring is 1. The smallest absolute Gasteiger partial charge is 0.247 e. The molecule has 3 aromatic rings. The Bertz CT molecular complexity index is 1140. The second-order valence-electron chi connectivity index (χ2n) is 7.19. The molecule has 0 radical (unpaired) electrons. The number of piperazine rings is 1. The molecule has 0 spiro atoms. The van der Waals surface area contributed by atoms with Gasteiger partial charge in [-0.3, -0.25) is 14.6 Å². The van der Waals surface area contributed by atoms with E-state index in [-0.39, 0.29) is 11.8 Å². The van der Waals surface area contributed by atoms with Crippen molar-refractivity contribution in [2.45, 2.75) is 19.5 Å². The standard InChI is InChI=1S/C22H21ClN4O2S/c1-14-22(29)26(13-15-2-5-17-18(24)8-9-25-19(17)12-15)10-11-27(14)21(28)7-4-16-3-6-20(23)30-16/h2-9,12,14H,10-11,13H2,1H3,(H2,24,25)/t14-/m0/s1. The minimum atomic E-state index is -0.517. The molecule has 0 aliphatic carbocycles. The number of halogens is 1. The van der Waals surface area contributed by atoms with Gasteiger partial charge in [0.15, 0.2) is 0 Å². The number of carbonyl (C=O) groups excluding carboxylic acids is 2. The van der Waals surface area contributed by atoms with E-state index in [2.05, 4.69) is 4.98 Å². The van der Waals surface area contributed by atoms with E-state index in [1.165, 1.54) is 17.4 Å². The summed E-state index contributed by atoms with van der Waals surface area (Å²) in [6, 6.07) is 10.7. The summed E-state index contributed by atoms with van der Waals surface area (Å²) >= 11 is 7.32. The SMILES string of the molecule is C[C@H]1C(=O)N(Cc2ccc3c(N)ccnc3c2)CCN1C(=O)C=Cc1ccc(Cl)s1. The van der Waals surface area contributed by atoms with Gasteiger partial charge in [-0.1, -0.05) is 23.7 Å². The van der Waals surface area contributed by atoms with Crippen molar-refractivity contribution >= 4 is 57.4 Å². The highest BCUT2D eigenvalue weighted by molar-refractivity contribution is 7.17. The Morgan fingerprint density at radius 3 is 2.90 bits per heavy atom. The molecule has 1 fully saturated rings. The number of pyridine rings is 1. The van der Waals surface area contributed by atoms with Gasteiger partial charge in [0, 0.05) is 47.9 Å². The first-order valence-electron chi connectivity index (χ1n) is 9.58. The molecule has 2 N–H and O–H groups in total. The molecule has 30 heavy (non-hydrogen) atoms. The zero-order valence-corrected chi connectivity index (χ0v) is 18.0. The molecule has 2 aromatic heterocycles. The number of anilines is 1. The van der Waals surface area contributed by atoms with Crippen molar-refractivity contribution < 1.29 is 9.59 Å². The highest BCUT2D eigenvalue weighted by atomic mass is 35.5. The van der Waals surface area contributed by atoms with Crippen LogP contribution in [-0.2, 0) is 16.1 Å². The number of aromatic nitrogens is 1. The quantitative estimate of drug-likeness (QED) is 0.626. The van der Waals surface area contributed by atoms with Crippen LogP contribution in [0.5, 0.6) is 0 Å². The van der Waals surface area contributed by atoms with Crippen LogP contribution in [0.1, 0.15) is 17.4 Å². The molecule has 8 heteroatoms. The van der Waals surface area contributed by atoms with Gasteiger partial charge in [-0.25, -0.2) is 0 Å². The van der Waals surface area contributed by atoms with Crippen LogP contribution in [0, 0.1) is 0 Å². The monoisotopic (exact) mass is 440 g/mol. The number of carbonyl (C=O) groups is 2. The fraction of sp³-hybridized carbons (Fsp3) is 0.227. The minimum absolute atomic E-state index is 0.0669. The number of fused-ring (bicyclic) bond motifs is 1. The van der Waals surface area contributed by atoms with E-state index in [0.717, 1.165) is 21.3 Å². The van der Waals surface area contributed by atoms with Crippen LogP contribution >= 0.6 is 22.9 Å². The first-order valence-corrected chi connectivity index (χ1v) is 10.8. The van der Waals surface area contributed by atoms with E-state index in [1.807, 2.05) is 24.3 Å². The van der Waals surface area contributed by atoms with Gasteiger partial charge in [0.25, 0.3) is 0 Å². The van der Waals surface area contributed by atoms with Crippen molar-refractivity contribution in [3.05, 3.63) is 63.4 Å². The summed E-state index contributed by atoms with van der Waals surface area (Å²) in [5.74, 6) is -0.242. The minimum Gasteiger partial charge on any atom is -0.398 e. The first-order chi connectivity index (χ1) is 14.4. The van der Waals surface area contributed by atoms with E-state index in [9.17, 15) is 9.59 Å². The van der Waals surface area contributed by atoms with E-state index < -0.39 is 6.04 Å². The lowest BCUT2D eigenvalue weighted by atomic mass is 10.1. The van der Waals surface area contributed by atoms with E-state index in [0.29, 0.717) is 29.7 Å². The van der Waals surface area contributed by atoms with Gasteiger partial charge in [-0.2, -0.15) is 0 Å². The van der Waals surface area contributed by atoms with Crippen LogP contribution in [0.15, 0.2) is 48.7 Å². The molecule has 154 valence electrons. The van der Waals surface area contributed by atoms with Gasteiger partial charge in [0.1, 0.15) is 6.04 Å². The van der Waals surface area contributed by atoms with Crippen LogP contribution < -0.4 is 5.73 Å². The predicted octanol–water partition coefficient (Wildman–Crippen LogP) is 3.80. The molecule has 2 amide bonds. The Morgan fingerprint density at radius 2 is 2.13 bits per heavy atom. The Labute approximate surface area is 183 Å². The number of nitrogens with two attached hydrogens (primary N) is 1. The van der Waals surface area contributed by atoms with Crippen LogP contribution in [-0.4, -0.2) is 45.7 Å². The number of thiophene rings is 1. The second-order valence-corrected chi connectivity index (χ2v) is 8.94. The average Bonchev–Trinajstić information content (AvgIpc) is 3.15. The molecule has 0 unspecified atom stereocenters. The molecular formula is C22H21ClN4O2S. The van der Waals surface area contributed by atoms with E-state index in [1.54, 1.807) is 41.1 Å². The number of rotatable bonds is 4. The number of hydrogen-bond acceptors (Lipinski definition) is 5. The number of benzene rings is 1. The Hall–Kier alpha value is -2.90. The maximum Gasteiger partial charge on any atom is 0.247 e. The van der Waals surface area contributed by atoms with E-state index >= 15 is 0 Å². The molecule has 0 bridgehead atoms. The zero-order valence-electron chi connectivity index (χ0n) is 16.4. The Balaban J connectivity index is 1.43. The number of hydrogen-bond donors (Lipinski definition) is 1. The summed E-state index contributed by atoms with van der Waals surface area (Å²) in [7, 11) is 0. The highest BCUT2D eigenvalue weighted by Crippen LogP contribution is 2.24. The maximum atomic E-state index is 12.9. The average molecular weight is 441 g/mol. The third kappa shape index (κ3) is 4.17. The van der Waals surface area contributed by atoms with Crippen LogP contribution in [0.2, 0.25) is 4.34 Å². The lowest BCUT2D eigenvalue weighted by Gasteiger charge is -2.38. The summed E-state index contributed by atoms with van der Waals surface area (Å²) in [5.41, 5.74) is 8.45. The van der Waals surface area contributed by atoms with Gasteiger partial charge in [-0.05, 0) is 42.8 Å². The van der Waals surface area contributed by atoms with Gasteiger partial charge in [0.05, 0.1) is 9.85 Å². The number of amides is 2. The number of nitrogens with zero attached hydrogens (tertiary/aromatic N) is 3. The van der Waals surface area contributed by atoms with Gasteiger partial charge >= 0.3 is 0 Å². The van der Waals surface area contributed by atoms with Crippen LogP contribution in [0.4, 0.5) is 5.69 Å². The second kappa shape index (κ2) is 8.45. The van der Waals surface area contributed by atoms with Crippen molar-refractivity contribution in [1.29, 1.82) is 0 Å². The van der Waals surface area contributed by atoms with E-state index in [4.69, 9.17) is 17.3 Å². The van der Waals surface area contributed by atoms with Gasteiger partial charge in [-0.15, -0.1) is 11.3 Å². The molecule has 1 saturated heterocycles. The summed E-state index contributed by atoms with van der Waals surface area (Å²) in [4.78, 5) is 34.1. The fourth-order valence-electron chi connectivity index (χ4n) is 3.59.